The van der Waals surface area contributed by atoms with Crippen LogP contribution in [-0.2, 0) is 9.59 Å². The quantitative estimate of drug-likeness (QED) is 0.862. The molecule has 2 rings (SSSR count). The van der Waals surface area contributed by atoms with Crippen LogP contribution in [0.15, 0.2) is 24.3 Å². The molecule has 0 aromatic heterocycles. The van der Waals surface area contributed by atoms with E-state index in [-0.39, 0.29) is 18.3 Å². The van der Waals surface area contributed by atoms with Crippen molar-refractivity contribution in [1.82, 2.24) is 4.90 Å². The van der Waals surface area contributed by atoms with E-state index in [2.05, 4.69) is 5.32 Å². The number of aliphatic carboxylic acids is 1. The number of carboxylic acids is 1. The summed E-state index contributed by atoms with van der Waals surface area (Å²) in [4.78, 5) is 24.3. The van der Waals surface area contributed by atoms with Crippen LogP contribution in [0.1, 0.15) is 12.8 Å². The van der Waals surface area contributed by atoms with Crippen molar-refractivity contribution in [1.29, 1.82) is 0 Å². The van der Waals surface area contributed by atoms with E-state index >= 15 is 0 Å². The van der Waals surface area contributed by atoms with Crippen LogP contribution in [-0.4, -0.2) is 41.0 Å². The molecule has 1 atom stereocenters. The Bertz CT molecular complexity index is 475. The first-order chi connectivity index (χ1) is 9.08. The molecule has 1 heterocycles. The second kappa shape index (κ2) is 5.69. The molecule has 1 amide bonds. The lowest BCUT2D eigenvalue weighted by Crippen LogP contribution is -2.43. The van der Waals surface area contributed by atoms with Gasteiger partial charge in [0.15, 0.2) is 0 Å². The van der Waals surface area contributed by atoms with Gasteiger partial charge in [0.05, 0.1) is 6.54 Å². The molecule has 1 fully saturated rings. The lowest BCUT2D eigenvalue weighted by atomic mass is 10.2. The van der Waals surface area contributed by atoms with Gasteiger partial charge in [-0.2, -0.15) is 0 Å². The first-order valence-corrected chi connectivity index (χ1v) is 6.09. The maximum Gasteiger partial charge on any atom is 0.326 e. The van der Waals surface area contributed by atoms with E-state index in [9.17, 15) is 14.0 Å². The number of benzene rings is 1. The average Bonchev–Trinajstić information content (AvgIpc) is 2.87. The zero-order valence-corrected chi connectivity index (χ0v) is 10.3. The van der Waals surface area contributed by atoms with Gasteiger partial charge in [0.2, 0.25) is 5.91 Å². The van der Waals surface area contributed by atoms with E-state index in [0.717, 1.165) is 0 Å². The fraction of sp³-hybridized carbons (Fsp3) is 0.385. The molecule has 6 heteroatoms. The third-order valence-electron chi connectivity index (χ3n) is 3.15. The van der Waals surface area contributed by atoms with Crippen molar-refractivity contribution in [2.75, 3.05) is 18.4 Å². The van der Waals surface area contributed by atoms with Gasteiger partial charge in [-0.1, -0.05) is 0 Å². The minimum absolute atomic E-state index is 0.00934. The van der Waals surface area contributed by atoms with Crippen LogP contribution in [0.2, 0.25) is 0 Å². The lowest BCUT2D eigenvalue weighted by molar-refractivity contribution is -0.147. The van der Waals surface area contributed by atoms with Gasteiger partial charge in [-0.25, -0.2) is 9.18 Å². The number of halogens is 1. The lowest BCUT2D eigenvalue weighted by Gasteiger charge is -2.21. The normalized spacial score (nSPS) is 18.4. The number of carbonyl (C=O) groups excluding carboxylic acids is 1. The van der Waals surface area contributed by atoms with Gasteiger partial charge in [-0.05, 0) is 37.1 Å². The van der Waals surface area contributed by atoms with Crippen molar-refractivity contribution < 1.29 is 19.1 Å². The first kappa shape index (κ1) is 13.3. The summed E-state index contributed by atoms with van der Waals surface area (Å²) in [7, 11) is 0. The van der Waals surface area contributed by atoms with Crippen molar-refractivity contribution in [3.63, 3.8) is 0 Å². The van der Waals surface area contributed by atoms with Crippen LogP contribution in [0, 0.1) is 5.82 Å². The van der Waals surface area contributed by atoms with Gasteiger partial charge >= 0.3 is 5.97 Å². The molecule has 0 spiro atoms. The molecule has 1 aliphatic rings. The number of hydrogen-bond acceptors (Lipinski definition) is 3. The Balaban J connectivity index is 1.90. The molecule has 1 aromatic carbocycles. The SMILES string of the molecule is O=C(O)C1CCCN1C(=O)CNc1ccc(F)cc1. The topological polar surface area (TPSA) is 69.6 Å². The fourth-order valence-electron chi connectivity index (χ4n) is 2.17. The maximum atomic E-state index is 12.7. The third-order valence-corrected chi connectivity index (χ3v) is 3.15. The Morgan fingerprint density at radius 3 is 2.68 bits per heavy atom. The molecule has 1 aliphatic heterocycles. The highest BCUT2D eigenvalue weighted by atomic mass is 19.1. The highest BCUT2D eigenvalue weighted by Gasteiger charge is 2.33. The van der Waals surface area contributed by atoms with Gasteiger partial charge in [0, 0.05) is 12.2 Å². The summed E-state index contributed by atoms with van der Waals surface area (Å²) >= 11 is 0. The Labute approximate surface area is 110 Å². The van der Waals surface area contributed by atoms with Crippen LogP contribution < -0.4 is 5.32 Å². The molecule has 1 aromatic rings. The summed E-state index contributed by atoms with van der Waals surface area (Å²) in [5, 5.41) is 11.8. The van der Waals surface area contributed by atoms with Gasteiger partial charge < -0.3 is 15.3 Å². The van der Waals surface area contributed by atoms with E-state index in [1.807, 2.05) is 0 Å². The monoisotopic (exact) mass is 266 g/mol. The summed E-state index contributed by atoms with van der Waals surface area (Å²) in [5.74, 6) is -1.57. The summed E-state index contributed by atoms with van der Waals surface area (Å²) in [5.41, 5.74) is 0.626. The summed E-state index contributed by atoms with van der Waals surface area (Å²) in [6.45, 7) is 0.482. The molecule has 1 saturated heterocycles. The smallest absolute Gasteiger partial charge is 0.326 e. The summed E-state index contributed by atoms with van der Waals surface area (Å²) in [6, 6.07) is 4.93. The predicted octanol–water partition coefficient (Wildman–Crippen LogP) is 1.31. The molecule has 1 unspecified atom stereocenters. The molecule has 0 bridgehead atoms. The van der Waals surface area contributed by atoms with Crippen LogP contribution in [0.3, 0.4) is 0 Å². The molecule has 5 nitrogen and oxygen atoms in total. The third kappa shape index (κ3) is 3.21. The van der Waals surface area contributed by atoms with Gasteiger partial charge in [-0.3, -0.25) is 4.79 Å². The van der Waals surface area contributed by atoms with E-state index in [0.29, 0.717) is 25.1 Å². The molecule has 19 heavy (non-hydrogen) atoms. The molecule has 0 radical (unpaired) electrons. The Kier molecular flexibility index (Phi) is 3.99. The molecule has 2 N–H and O–H groups in total. The molecule has 0 saturated carbocycles. The van der Waals surface area contributed by atoms with Crippen LogP contribution in [0.4, 0.5) is 10.1 Å². The van der Waals surface area contributed by atoms with Gasteiger partial charge in [0.1, 0.15) is 11.9 Å². The van der Waals surface area contributed by atoms with E-state index in [4.69, 9.17) is 5.11 Å². The molecular weight excluding hydrogens is 251 g/mol. The number of nitrogens with zero attached hydrogens (tertiary/aromatic N) is 1. The maximum absolute atomic E-state index is 12.7. The van der Waals surface area contributed by atoms with Crippen LogP contribution in [0.25, 0.3) is 0 Å². The highest BCUT2D eigenvalue weighted by molar-refractivity contribution is 5.86. The second-order valence-corrected chi connectivity index (χ2v) is 4.44. The molecule has 0 aliphatic carbocycles. The minimum atomic E-state index is -0.965. The van der Waals surface area contributed by atoms with Crippen LogP contribution >= 0.6 is 0 Å². The van der Waals surface area contributed by atoms with Gasteiger partial charge in [-0.15, -0.1) is 0 Å². The predicted molar refractivity (Wildman–Crippen MR) is 67.3 cm³/mol. The number of amides is 1. The Hall–Kier alpha value is -2.11. The Morgan fingerprint density at radius 2 is 2.05 bits per heavy atom. The van der Waals surface area contributed by atoms with Crippen LogP contribution in [0.5, 0.6) is 0 Å². The Morgan fingerprint density at radius 1 is 1.37 bits per heavy atom. The molecule has 102 valence electrons. The van der Waals surface area contributed by atoms with E-state index < -0.39 is 12.0 Å². The zero-order valence-electron chi connectivity index (χ0n) is 10.3. The average molecular weight is 266 g/mol. The van der Waals surface area contributed by atoms with Gasteiger partial charge in [0.25, 0.3) is 0 Å². The number of likely N-dealkylation sites (tertiary alicyclic amines) is 1. The first-order valence-electron chi connectivity index (χ1n) is 6.09. The van der Waals surface area contributed by atoms with Crippen molar-refractivity contribution in [2.24, 2.45) is 0 Å². The second-order valence-electron chi connectivity index (χ2n) is 4.44. The molecular formula is C13H15FN2O3. The highest BCUT2D eigenvalue weighted by Crippen LogP contribution is 2.17. The number of hydrogen-bond donors (Lipinski definition) is 2. The fourth-order valence-corrected chi connectivity index (χ4v) is 2.17. The number of rotatable bonds is 4. The zero-order chi connectivity index (χ0) is 13.8. The summed E-state index contributed by atoms with van der Waals surface area (Å²) in [6.07, 6.45) is 1.21. The largest absolute Gasteiger partial charge is 0.480 e. The van der Waals surface area contributed by atoms with Crippen molar-refractivity contribution in [2.45, 2.75) is 18.9 Å². The number of anilines is 1. The number of nitrogens with one attached hydrogen (secondary N) is 1. The minimum Gasteiger partial charge on any atom is -0.480 e. The summed E-state index contributed by atoms with van der Waals surface area (Å²) < 4.78 is 12.7. The van der Waals surface area contributed by atoms with Crippen molar-refractivity contribution in [3.05, 3.63) is 30.1 Å². The standard InChI is InChI=1S/C13H15FN2O3/c14-9-3-5-10(6-4-9)15-8-12(17)16-7-1-2-11(16)13(18)19/h3-6,11,15H,1-2,7-8H2,(H,18,19). The number of carboxylic acid groups (broad SMARTS) is 1. The van der Waals surface area contributed by atoms with Crippen molar-refractivity contribution >= 4 is 17.6 Å². The van der Waals surface area contributed by atoms with E-state index in [1.54, 1.807) is 0 Å². The van der Waals surface area contributed by atoms with Crippen molar-refractivity contribution in [3.8, 4) is 0 Å². The van der Waals surface area contributed by atoms with E-state index in [1.165, 1.54) is 29.2 Å². The number of carbonyl (C=O) groups is 2.